The van der Waals surface area contributed by atoms with Crippen LogP contribution in [0, 0.1) is 5.92 Å². The van der Waals surface area contributed by atoms with Crippen LogP contribution in [0.1, 0.15) is 44.0 Å². The number of carboxylic acids is 1. The molecule has 0 bridgehead atoms. The van der Waals surface area contributed by atoms with Gasteiger partial charge in [-0.2, -0.15) is 11.8 Å². The van der Waals surface area contributed by atoms with Crippen molar-refractivity contribution < 1.29 is 19.5 Å². The maximum Gasteiger partial charge on any atom is 0.326 e. The second-order valence-electron chi connectivity index (χ2n) is 10.0. The van der Waals surface area contributed by atoms with Crippen LogP contribution >= 0.6 is 11.8 Å². The molecule has 0 saturated carbocycles. The Bertz CT molecular complexity index is 1250. The van der Waals surface area contributed by atoms with Crippen LogP contribution in [0.25, 0.3) is 10.8 Å². The van der Waals surface area contributed by atoms with Gasteiger partial charge >= 0.3 is 5.97 Å². The zero-order valence-corrected chi connectivity index (χ0v) is 24.1. The van der Waals surface area contributed by atoms with E-state index < -0.39 is 18.1 Å². The zero-order chi connectivity index (χ0) is 29.1. The molecule has 6 N–H and O–H groups in total. The molecular weight excluding hydrogens is 528 g/mol. The lowest BCUT2D eigenvalue weighted by atomic mass is 9.97. The number of carboxylic acid groups (broad SMARTS) is 1. The third-order valence-corrected chi connectivity index (χ3v) is 7.78. The van der Waals surface area contributed by atoms with E-state index in [0.717, 1.165) is 22.8 Å². The number of hydrogen-bond acceptors (Lipinski definition) is 7. The molecule has 3 rings (SSSR count). The maximum absolute atomic E-state index is 13.2. The van der Waals surface area contributed by atoms with Crippen molar-refractivity contribution in [3.8, 4) is 0 Å². The van der Waals surface area contributed by atoms with E-state index in [2.05, 4.69) is 20.6 Å². The fourth-order valence-electron chi connectivity index (χ4n) is 4.57. The predicted molar refractivity (Wildman–Crippen MR) is 159 cm³/mol. The molecule has 40 heavy (non-hydrogen) atoms. The molecule has 0 saturated heterocycles. The van der Waals surface area contributed by atoms with E-state index in [1.165, 1.54) is 24.3 Å². The minimum Gasteiger partial charge on any atom is -0.480 e. The molecule has 2 amide bonds. The van der Waals surface area contributed by atoms with Gasteiger partial charge in [-0.15, -0.1) is 0 Å². The highest BCUT2D eigenvalue weighted by Gasteiger charge is 2.27. The average Bonchev–Trinajstić information content (AvgIpc) is 3.49. The van der Waals surface area contributed by atoms with Crippen LogP contribution in [-0.4, -0.2) is 74.9 Å². The highest BCUT2D eigenvalue weighted by atomic mass is 32.2. The summed E-state index contributed by atoms with van der Waals surface area (Å²) in [6.07, 6.45) is 6.03. The topological polar surface area (TPSA) is 153 Å². The lowest BCUT2D eigenvalue weighted by molar-refractivity contribution is -0.142. The van der Waals surface area contributed by atoms with E-state index in [1.807, 2.05) is 67.5 Å². The molecule has 2 aromatic carbocycles. The second-order valence-corrected chi connectivity index (χ2v) is 11.0. The van der Waals surface area contributed by atoms with Crippen molar-refractivity contribution in [3.05, 3.63) is 66.2 Å². The van der Waals surface area contributed by atoms with E-state index in [1.54, 1.807) is 0 Å². The van der Waals surface area contributed by atoms with Gasteiger partial charge in [0.05, 0.1) is 24.8 Å². The Morgan fingerprint density at radius 3 is 2.58 bits per heavy atom. The van der Waals surface area contributed by atoms with Crippen LogP contribution in [0.4, 0.5) is 0 Å². The summed E-state index contributed by atoms with van der Waals surface area (Å²) in [5.74, 6) is -1.07. The number of nitrogens with two attached hydrogens (primary N) is 1. The normalized spacial score (nSPS) is 14.4. The molecular formula is C29H40N6O4S. The van der Waals surface area contributed by atoms with Gasteiger partial charge in [-0.1, -0.05) is 62.7 Å². The fraction of sp³-hybridized carbons (Fsp3) is 0.448. The fourth-order valence-corrected chi connectivity index (χ4v) is 5.04. The van der Waals surface area contributed by atoms with Crippen LogP contribution in [0.15, 0.2) is 55.0 Å². The van der Waals surface area contributed by atoms with Crippen LogP contribution < -0.4 is 16.4 Å². The smallest absolute Gasteiger partial charge is 0.326 e. The summed E-state index contributed by atoms with van der Waals surface area (Å²) in [6, 6.07) is 11.9. The SMILES string of the molecule is CC[C@H](C)[C@@H](CN(CC(=O)N[C@@H](CCSC)C(=O)O)Cc1cccc2ccccc12)NC(=O)[C@H](N)c1cnc[nH]1. The first kappa shape index (κ1) is 31.1. The van der Waals surface area contributed by atoms with Gasteiger partial charge in [0.2, 0.25) is 11.8 Å². The number of carbonyl (C=O) groups excluding carboxylic acids is 2. The zero-order valence-electron chi connectivity index (χ0n) is 23.3. The molecule has 10 nitrogen and oxygen atoms in total. The molecule has 0 aliphatic carbocycles. The van der Waals surface area contributed by atoms with Crippen LogP contribution in [0.5, 0.6) is 0 Å². The number of imidazole rings is 1. The Morgan fingerprint density at radius 1 is 1.15 bits per heavy atom. The number of aromatic amines is 1. The minimum absolute atomic E-state index is 0.0261. The lowest BCUT2D eigenvalue weighted by Gasteiger charge is -2.32. The van der Waals surface area contributed by atoms with Crippen molar-refractivity contribution in [1.82, 2.24) is 25.5 Å². The molecule has 1 aromatic heterocycles. The van der Waals surface area contributed by atoms with Gasteiger partial charge in [0.1, 0.15) is 12.1 Å². The highest BCUT2D eigenvalue weighted by molar-refractivity contribution is 7.98. The van der Waals surface area contributed by atoms with Gasteiger partial charge in [-0.05, 0) is 40.7 Å². The van der Waals surface area contributed by atoms with Crippen molar-refractivity contribution in [2.45, 2.75) is 51.4 Å². The lowest BCUT2D eigenvalue weighted by Crippen LogP contribution is -2.52. The third-order valence-electron chi connectivity index (χ3n) is 7.14. The van der Waals surface area contributed by atoms with E-state index in [9.17, 15) is 19.5 Å². The van der Waals surface area contributed by atoms with Crippen molar-refractivity contribution in [2.75, 3.05) is 25.1 Å². The molecule has 0 spiro atoms. The monoisotopic (exact) mass is 568 g/mol. The Labute approximate surface area is 239 Å². The Kier molecular flexibility index (Phi) is 12.0. The van der Waals surface area contributed by atoms with Gasteiger partial charge in [-0.25, -0.2) is 9.78 Å². The number of carbonyl (C=O) groups is 3. The highest BCUT2D eigenvalue weighted by Crippen LogP contribution is 2.21. The van der Waals surface area contributed by atoms with Crippen molar-refractivity contribution >= 4 is 40.3 Å². The molecule has 0 aliphatic rings. The Hall–Kier alpha value is -3.41. The number of hydrogen-bond donors (Lipinski definition) is 5. The average molecular weight is 569 g/mol. The van der Waals surface area contributed by atoms with Gasteiger partial charge in [0.25, 0.3) is 0 Å². The van der Waals surface area contributed by atoms with E-state index in [0.29, 0.717) is 31.0 Å². The van der Waals surface area contributed by atoms with Crippen molar-refractivity contribution in [1.29, 1.82) is 0 Å². The molecule has 11 heteroatoms. The van der Waals surface area contributed by atoms with Gasteiger partial charge in [-0.3, -0.25) is 14.5 Å². The molecule has 0 unspecified atom stereocenters. The number of thioether (sulfide) groups is 1. The van der Waals surface area contributed by atoms with E-state index in [-0.39, 0.29) is 30.3 Å². The van der Waals surface area contributed by atoms with E-state index >= 15 is 0 Å². The number of aliphatic carboxylic acids is 1. The summed E-state index contributed by atoms with van der Waals surface area (Å²) in [7, 11) is 0. The first-order chi connectivity index (χ1) is 19.2. The molecule has 1 heterocycles. The largest absolute Gasteiger partial charge is 0.480 e. The molecule has 0 aliphatic heterocycles. The van der Waals surface area contributed by atoms with Crippen LogP contribution in [0.3, 0.4) is 0 Å². The second kappa shape index (κ2) is 15.4. The molecule has 3 aromatic rings. The maximum atomic E-state index is 13.2. The number of amides is 2. The van der Waals surface area contributed by atoms with Gasteiger partial charge in [0, 0.05) is 19.1 Å². The van der Waals surface area contributed by atoms with Crippen molar-refractivity contribution in [2.24, 2.45) is 11.7 Å². The number of benzene rings is 2. The quantitative estimate of drug-likeness (QED) is 0.177. The van der Waals surface area contributed by atoms with Gasteiger partial charge < -0.3 is 26.5 Å². The number of nitrogens with one attached hydrogen (secondary N) is 3. The minimum atomic E-state index is -1.06. The summed E-state index contributed by atoms with van der Waals surface area (Å²) < 4.78 is 0. The van der Waals surface area contributed by atoms with Gasteiger partial charge in [0.15, 0.2) is 0 Å². The summed E-state index contributed by atoms with van der Waals surface area (Å²) in [4.78, 5) is 46.8. The first-order valence-corrected chi connectivity index (χ1v) is 14.9. The third kappa shape index (κ3) is 8.80. The number of H-pyrrole nitrogens is 1. The van der Waals surface area contributed by atoms with Crippen LogP contribution in [-0.2, 0) is 20.9 Å². The predicted octanol–water partition coefficient (Wildman–Crippen LogP) is 2.92. The molecule has 216 valence electrons. The number of rotatable bonds is 16. The van der Waals surface area contributed by atoms with E-state index in [4.69, 9.17) is 5.73 Å². The van der Waals surface area contributed by atoms with Crippen molar-refractivity contribution in [3.63, 3.8) is 0 Å². The Balaban J connectivity index is 1.84. The molecule has 4 atom stereocenters. The summed E-state index contributed by atoms with van der Waals surface area (Å²) in [6.45, 7) is 4.87. The Morgan fingerprint density at radius 2 is 1.90 bits per heavy atom. The number of fused-ring (bicyclic) bond motifs is 1. The van der Waals surface area contributed by atoms with Crippen LogP contribution in [0.2, 0.25) is 0 Å². The molecule has 0 fully saturated rings. The molecule has 0 radical (unpaired) electrons. The number of nitrogens with zero attached hydrogens (tertiary/aromatic N) is 2. The summed E-state index contributed by atoms with van der Waals surface area (Å²) in [5, 5.41) is 17.5. The summed E-state index contributed by atoms with van der Waals surface area (Å²) >= 11 is 1.53. The summed E-state index contributed by atoms with van der Waals surface area (Å²) in [5.41, 5.74) is 7.72. The number of aromatic nitrogens is 2. The standard InChI is InChI=1S/C29H40N6O4S/c1-4-19(2)25(34-28(37)27(30)24-14-31-18-32-24)16-35(17-26(36)33-23(29(38)39)12-13-40-3)15-21-10-7-9-20-8-5-6-11-22(20)21/h5-11,14,18-19,23,25,27H,4,12-13,15-17,30H2,1-3H3,(H,31,32)(H,33,36)(H,34,37)(H,38,39)/t19-,23-,25+,27+/m0/s1. The first-order valence-electron chi connectivity index (χ1n) is 13.5.